The number of aromatic nitrogens is 1. The minimum Gasteiger partial charge on any atom is -0.497 e. The van der Waals surface area contributed by atoms with Gasteiger partial charge < -0.3 is 9.64 Å². The van der Waals surface area contributed by atoms with Crippen LogP contribution in [0.2, 0.25) is 0 Å². The first kappa shape index (κ1) is 15.5. The molecule has 2 atom stereocenters. The summed E-state index contributed by atoms with van der Waals surface area (Å²) >= 11 is 0. The van der Waals surface area contributed by atoms with Crippen molar-refractivity contribution in [1.29, 1.82) is 0 Å². The van der Waals surface area contributed by atoms with Gasteiger partial charge in [0, 0.05) is 18.7 Å². The average Bonchev–Trinajstić information content (AvgIpc) is 3.35. The summed E-state index contributed by atoms with van der Waals surface area (Å²) in [6.07, 6.45) is 0.914. The Bertz CT molecular complexity index is 714. The van der Waals surface area contributed by atoms with Crippen molar-refractivity contribution >= 4 is 5.91 Å². The van der Waals surface area contributed by atoms with Crippen LogP contribution in [0.5, 0.6) is 5.75 Å². The van der Waals surface area contributed by atoms with Gasteiger partial charge in [0.25, 0.3) is 0 Å². The molecule has 120 valence electrons. The third-order valence-corrected chi connectivity index (χ3v) is 4.35. The molecule has 1 aromatic heterocycles. The van der Waals surface area contributed by atoms with Crippen LogP contribution in [-0.4, -0.2) is 29.9 Å². The molecule has 0 spiro atoms. The van der Waals surface area contributed by atoms with E-state index < -0.39 is 0 Å². The zero-order valence-corrected chi connectivity index (χ0v) is 13.8. The quantitative estimate of drug-likeness (QED) is 0.852. The molecule has 1 aliphatic rings. The van der Waals surface area contributed by atoms with Crippen molar-refractivity contribution in [3.05, 3.63) is 59.4 Å². The lowest BCUT2D eigenvalue weighted by Crippen LogP contribution is -2.28. The second kappa shape index (κ2) is 6.41. The largest absolute Gasteiger partial charge is 0.497 e. The number of rotatable bonds is 5. The number of nitrogens with zero attached hydrogens (tertiary/aromatic N) is 2. The van der Waals surface area contributed by atoms with Gasteiger partial charge in [-0.25, -0.2) is 0 Å². The molecule has 2 aromatic rings. The van der Waals surface area contributed by atoms with Gasteiger partial charge in [-0.1, -0.05) is 18.2 Å². The Morgan fingerprint density at radius 2 is 2.09 bits per heavy atom. The van der Waals surface area contributed by atoms with Gasteiger partial charge >= 0.3 is 0 Å². The molecular weight excluding hydrogens is 288 g/mol. The molecule has 1 saturated carbocycles. The van der Waals surface area contributed by atoms with Crippen LogP contribution in [0.3, 0.4) is 0 Å². The van der Waals surface area contributed by atoms with Crippen LogP contribution in [0.4, 0.5) is 0 Å². The minimum atomic E-state index is 0.0805. The van der Waals surface area contributed by atoms with Crippen LogP contribution < -0.4 is 4.74 Å². The van der Waals surface area contributed by atoms with Gasteiger partial charge in [0.15, 0.2) is 0 Å². The highest BCUT2D eigenvalue weighted by Gasteiger charge is 2.45. The van der Waals surface area contributed by atoms with Crippen LogP contribution in [0.1, 0.15) is 29.3 Å². The molecular formula is C19H22N2O2. The fraction of sp³-hybridized carbons (Fsp3) is 0.368. The normalized spacial score (nSPS) is 19.3. The number of carbonyl (C=O) groups is 1. The van der Waals surface area contributed by atoms with Crippen LogP contribution >= 0.6 is 0 Å². The smallest absolute Gasteiger partial charge is 0.226 e. The molecule has 23 heavy (non-hydrogen) atoms. The summed E-state index contributed by atoms with van der Waals surface area (Å²) in [5.74, 6) is 1.43. The molecule has 1 amide bonds. The van der Waals surface area contributed by atoms with E-state index in [9.17, 15) is 4.79 Å². The Balaban J connectivity index is 1.63. The predicted molar refractivity (Wildman–Crippen MR) is 89.3 cm³/mol. The fourth-order valence-corrected chi connectivity index (χ4v) is 3.00. The molecule has 3 rings (SSSR count). The Morgan fingerprint density at radius 1 is 1.30 bits per heavy atom. The van der Waals surface area contributed by atoms with E-state index in [0.717, 1.165) is 23.6 Å². The van der Waals surface area contributed by atoms with E-state index in [1.165, 1.54) is 5.56 Å². The highest BCUT2D eigenvalue weighted by Crippen LogP contribution is 2.49. The van der Waals surface area contributed by atoms with Gasteiger partial charge in [0.2, 0.25) is 5.91 Å². The zero-order valence-electron chi connectivity index (χ0n) is 13.8. The maximum absolute atomic E-state index is 12.6. The third-order valence-electron chi connectivity index (χ3n) is 4.35. The molecule has 0 saturated heterocycles. The first-order chi connectivity index (χ1) is 11.1. The molecule has 1 aliphatic carbocycles. The summed E-state index contributed by atoms with van der Waals surface area (Å²) in [5.41, 5.74) is 3.09. The molecule has 1 aromatic carbocycles. The molecule has 0 bridgehead atoms. The van der Waals surface area contributed by atoms with Crippen molar-refractivity contribution < 1.29 is 9.53 Å². The predicted octanol–water partition coefficient (Wildman–Crippen LogP) is 3.16. The highest BCUT2D eigenvalue weighted by atomic mass is 16.5. The molecule has 1 heterocycles. The van der Waals surface area contributed by atoms with Crippen LogP contribution in [0, 0.1) is 12.8 Å². The van der Waals surface area contributed by atoms with E-state index >= 15 is 0 Å². The average molecular weight is 310 g/mol. The van der Waals surface area contributed by atoms with Crippen LogP contribution in [0.25, 0.3) is 0 Å². The Kier molecular flexibility index (Phi) is 4.33. The van der Waals surface area contributed by atoms with Gasteiger partial charge in [-0.3, -0.25) is 9.78 Å². The topological polar surface area (TPSA) is 42.4 Å². The minimum absolute atomic E-state index is 0.0805. The summed E-state index contributed by atoms with van der Waals surface area (Å²) in [7, 11) is 3.52. The fourth-order valence-electron chi connectivity index (χ4n) is 3.00. The number of carbonyl (C=O) groups excluding carboxylic acids is 1. The second-order valence-electron chi connectivity index (χ2n) is 6.19. The third kappa shape index (κ3) is 3.52. The molecule has 0 N–H and O–H groups in total. The Labute approximate surface area is 137 Å². The monoisotopic (exact) mass is 310 g/mol. The Hall–Kier alpha value is -2.36. The van der Waals surface area contributed by atoms with E-state index in [-0.39, 0.29) is 11.8 Å². The molecule has 0 radical (unpaired) electrons. The van der Waals surface area contributed by atoms with Gasteiger partial charge in [0.1, 0.15) is 5.75 Å². The van der Waals surface area contributed by atoms with Crippen molar-refractivity contribution in [2.45, 2.75) is 25.8 Å². The number of hydrogen-bond acceptors (Lipinski definition) is 3. The van der Waals surface area contributed by atoms with Crippen LogP contribution in [0.15, 0.2) is 42.5 Å². The van der Waals surface area contributed by atoms with Crippen molar-refractivity contribution in [2.75, 3.05) is 14.2 Å². The van der Waals surface area contributed by atoms with Crippen molar-refractivity contribution in [3.8, 4) is 5.75 Å². The van der Waals surface area contributed by atoms with Crippen molar-refractivity contribution in [3.63, 3.8) is 0 Å². The molecule has 4 nitrogen and oxygen atoms in total. The number of amides is 1. The summed E-state index contributed by atoms with van der Waals surface area (Å²) < 4.78 is 5.26. The molecule has 0 aliphatic heterocycles. The zero-order chi connectivity index (χ0) is 16.4. The molecule has 1 fully saturated rings. The standard InChI is InChI=1S/C19H22N2O2/c1-13-6-4-8-15(20-13)12-21(2)19(22)18-11-17(18)14-7-5-9-16(10-14)23-3/h4-10,17-18H,11-12H2,1-3H3/t17-,18-/m1/s1. The number of pyridine rings is 1. The van der Waals surface area contributed by atoms with E-state index in [2.05, 4.69) is 11.1 Å². The van der Waals surface area contributed by atoms with Gasteiger partial charge in [-0.2, -0.15) is 0 Å². The van der Waals surface area contributed by atoms with Crippen molar-refractivity contribution in [2.24, 2.45) is 5.92 Å². The van der Waals surface area contributed by atoms with E-state index in [0.29, 0.717) is 12.5 Å². The number of hydrogen-bond donors (Lipinski definition) is 0. The van der Waals surface area contributed by atoms with E-state index in [1.54, 1.807) is 12.0 Å². The lowest BCUT2D eigenvalue weighted by atomic mass is 10.1. The number of aryl methyl sites for hydroxylation is 1. The first-order valence-electron chi connectivity index (χ1n) is 7.90. The summed E-state index contributed by atoms with van der Waals surface area (Å²) in [4.78, 5) is 18.8. The van der Waals surface area contributed by atoms with Gasteiger partial charge in [0.05, 0.1) is 19.3 Å². The lowest BCUT2D eigenvalue weighted by Gasteiger charge is -2.17. The highest BCUT2D eigenvalue weighted by molar-refractivity contribution is 5.82. The lowest BCUT2D eigenvalue weighted by molar-refractivity contribution is -0.131. The maximum Gasteiger partial charge on any atom is 0.226 e. The van der Waals surface area contributed by atoms with Gasteiger partial charge in [-0.15, -0.1) is 0 Å². The molecule has 0 unspecified atom stereocenters. The molecule has 4 heteroatoms. The van der Waals surface area contributed by atoms with Crippen molar-refractivity contribution in [1.82, 2.24) is 9.88 Å². The first-order valence-corrected chi connectivity index (χ1v) is 7.90. The van der Waals surface area contributed by atoms with E-state index in [4.69, 9.17) is 4.74 Å². The van der Waals surface area contributed by atoms with Crippen LogP contribution in [-0.2, 0) is 11.3 Å². The summed E-state index contributed by atoms with van der Waals surface area (Å²) in [6.45, 7) is 2.52. The van der Waals surface area contributed by atoms with Gasteiger partial charge in [-0.05, 0) is 49.1 Å². The Morgan fingerprint density at radius 3 is 2.83 bits per heavy atom. The maximum atomic E-state index is 12.6. The second-order valence-corrected chi connectivity index (χ2v) is 6.19. The summed E-state index contributed by atoms with van der Waals surface area (Å²) in [6, 6.07) is 13.9. The number of benzene rings is 1. The SMILES string of the molecule is COc1cccc([C@H]2C[C@H]2C(=O)N(C)Cc2cccc(C)n2)c1. The number of ether oxygens (including phenoxy) is 1. The number of methoxy groups -OCH3 is 1. The van der Waals surface area contributed by atoms with E-state index in [1.807, 2.05) is 50.4 Å². The summed E-state index contributed by atoms with van der Waals surface area (Å²) in [5, 5.41) is 0.